The molecule has 0 aromatic rings. The van der Waals surface area contributed by atoms with Crippen molar-refractivity contribution in [3.63, 3.8) is 0 Å². The third kappa shape index (κ3) is 3.46. The van der Waals surface area contributed by atoms with Crippen LogP contribution in [0.2, 0.25) is 0 Å². The number of ether oxygens (including phenoxy) is 1. The highest BCUT2D eigenvalue weighted by Crippen LogP contribution is 2.30. The maximum absolute atomic E-state index is 6.29. The molecule has 2 rings (SSSR count). The topological polar surface area (TPSA) is 21.3 Å². The van der Waals surface area contributed by atoms with E-state index in [1.807, 2.05) is 0 Å². The average molecular weight is 225 g/mol. The zero-order chi connectivity index (χ0) is 11.4. The molecule has 2 aliphatic rings. The molecule has 1 heterocycles. The van der Waals surface area contributed by atoms with Gasteiger partial charge < -0.3 is 10.1 Å². The van der Waals surface area contributed by atoms with Crippen LogP contribution < -0.4 is 5.32 Å². The normalized spacial score (nSPS) is 40.9. The van der Waals surface area contributed by atoms with E-state index in [2.05, 4.69) is 19.2 Å². The van der Waals surface area contributed by atoms with E-state index >= 15 is 0 Å². The SMILES string of the molecule is CCC1CCCC(OC2CCNC(C)C2)C1. The van der Waals surface area contributed by atoms with Gasteiger partial charge in [-0.05, 0) is 45.1 Å². The number of hydrogen-bond donors (Lipinski definition) is 1. The first-order chi connectivity index (χ1) is 7.78. The van der Waals surface area contributed by atoms with Gasteiger partial charge in [0.25, 0.3) is 0 Å². The van der Waals surface area contributed by atoms with Crippen molar-refractivity contribution in [3.8, 4) is 0 Å². The second-order valence-electron chi connectivity index (χ2n) is 5.70. The zero-order valence-corrected chi connectivity index (χ0v) is 10.9. The molecule has 16 heavy (non-hydrogen) atoms. The first-order valence-corrected chi connectivity index (χ1v) is 7.16. The number of nitrogens with one attached hydrogen (secondary N) is 1. The molecule has 94 valence electrons. The minimum absolute atomic E-state index is 0.525. The van der Waals surface area contributed by atoms with Gasteiger partial charge in [-0.2, -0.15) is 0 Å². The van der Waals surface area contributed by atoms with Crippen molar-refractivity contribution in [2.24, 2.45) is 5.92 Å². The van der Waals surface area contributed by atoms with E-state index in [0.29, 0.717) is 18.2 Å². The van der Waals surface area contributed by atoms with Crippen LogP contribution in [0.15, 0.2) is 0 Å². The van der Waals surface area contributed by atoms with Crippen LogP contribution in [0.1, 0.15) is 58.8 Å². The highest BCUT2D eigenvalue weighted by molar-refractivity contribution is 4.79. The lowest BCUT2D eigenvalue weighted by molar-refractivity contribution is -0.0567. The molecule has 0 amide bonds. The van der Waals surface area contributed by atoms with Crippen LogP contribution in [0, 0.1) is 5.92 Å². The predicted octanol–water partition coefficient (Wildman–Crippen LogP) is 3.11. The van der Waals surface area contributed by atoms with Crippen LogP contribution in [0.5, 0.6) is 0 Å². The minimum atomic E-state index is 0.525. The Hall–Kier alpha value is -0.0800. The molecule has 1 saturated carbocycles. The molecule has 4 atom stereocenters. The number of piperidine rings is 1. The molecule has 1 saturated heterocycles. The van der Waals surface area contributed by atoms with Gasteiger partial charge in [0, 0.05) is 6.04 Å². The summed E-state index contributed by atoms with van der Waals surface area (Å²) in [6.45, 7) is 5.72. The summed E-state index contributed by atoms with van der Waals surface area (Å²) in [5.74, 6) is 0.929. The third-order valence-corrected chi connectivity index (χ3v) is 4.27. The summed E-state index contributed by atoms with van der Waals surface area (Å²) >= 11 is 0. The fourth-order valence-corrected chi connectivity index (χ4v) is 3.22. The van der Waals surface area contributed by atoms with Crippen LogP contribution in [-0.2, 0) is 4.74 Å². The van der Waals surface area contributed by atoms with Crippen molar-refractivity contribution < 1.29 is 4.74 Å². The van der Waals surface area contributed by atoms with Gasteiger partial charge in [0.2, 0.25) is 0 Å². The molecule has 1 aliphatic carbocycles. The Kier molecular flexibility index (Phi) is 4.66. The Morgan fingerprint density at radius 3 is 2.69 bits per heavy atom. The van der Waals surface area contributed by atoms with Crippen molar-refractivity contribution in [1.82, 2.24) is 5.32 Å². The highest BCUT2D eigenvalue weighted by atomic mass is 16.5. The van der Waals surface area contributed by atoms with Crippen LogP contribution in [0.25, 0.3) is 0 Å². The third-order valence-electron chi connectivity index (χ3n) is 4.27. The van der Waals surface area contributed by atoms with E-state index in [0.717, 1.165) is 12.5 Å². The van der Waals surface area contributed by atoms with Crippen LogP contribution in [-0.4, -0.2) is 24.8 Å². The summed E-state index contributed by atoms with van der Waals surface area (Å²) in [7, 11) is 0. The van der Waals surface area contributed by atoms with Crippen molar-refractivity contribution in [2.45, 2.75) is 77.0 Å². The van der Waals surface area contributed by atoms with Crippen LogP contribution >= 0.6 is 0 Å². The second-order valence-corrected chi connectivity index (χ2v) is 5.70. The molecule has 1 aliphatic heterocycles. The molecule has 0 aromatic carbocycles. The second kappa shape index (κ2) is 6.02. The van der Waals surface area contributed by atoms with Crippen molar-refractivity contribution in [3.05, 3.63) is 0 Å². The van der Waals surface area contributed by atoms with Gasteiger partial charge in [0.1, 0.15) is 0 Å². The molecule has 0 aromatic heterocycles. The quantitative estimate of drug-likeness (QED) is 0.797. The first kappa shape index (κ1) is 12.4. The van der Waals surface area contributed by atoms with Crippen LogP contribution in [0.3, 0.4) is 0 Å². The molecular formula is C14H27NO. The molecule has 0 radical (unpaired) electrons. The maximum atomic E-state index is 6.29. The standard InChI is InChI=1S/C14H27NO/c1-3-12-5-4-6-13(10-12)16-14-7-8-15-11(2)9-14/h11-15H,3-10H2,1-2H3. The van der Waals surface area contributed by atoms with E-state index in [-0.39, 0.29) is 0 Å². The van der Waals surface area contributed by atoms with Gasteiger partial charge in [-0.3, -0.25) is 0 Å². The van der Waals surface area contributed by atoms with E-state index in [1.165, 1.54) is 44.9 Å². The average Bonchev–Trinajstić information content (AvgIpc) is 2.29. The number of rotatable bonds is 3. The number of hydrogen-bond acceptors (Lipinski definition) is 2. The molecule has 4 unspecified atom stereocenters. The largest absolute Gasteiger partial charge is 0.375 e. The molecule has 1 N–H and O–H groups in total. The highest BCUT2D eigenvalue weighted by Gasteiger charge is 2.26. The fraction of sp³-hybridized carbons (Fsp3) is 1.00. The summed E-state index contributed by atoms with van der Waals surface area (Å²) in [6.07, 6.45) is 10.3. The Morgan fingerprint density at radius 1 is 1.12 bits per heavy atom. The Bertz CT molecular complexity index is 207. The smallest absolute Gasteiger partial charge is 0.0605 e. The lowest BCUT2D eigenvalue weighted by Gasteiger charge is -2.35. The summed E-state index contributed by atoms with van der Waals surface area (Å²) in [5.41, 5.74) is 0. The molecule has 2 fully saturated rings. The lowest BCUT2D eigenvalue weighted by atomic mass is 9.85. The first-order valence-electron chi connectivity index (χ1n) is 7.16. The van der Waals surface area contributed by atoms with E-state index in [1.54, 1.807) is 0 Å². The monoisotopic (exact) mass is 225 g/mol. The van der Waals surface area contributed by atoms with Crippen molar-refractivity contribution in [2.75, 3.05) is 6.54 Å². The molecule has 0 spiro atoms. The Labute approximate surface area is 100 Å². The summed E-state index contributed by atoms with van der Waals surface area (Å²) in [6, 6.07) is 0.643. The Morgan fingerprint density at radius 2 is 1.94 bits per heavy atom. The molecule has 2 heteroatoms. The van der Waals surface area contributed by atoms with Gasteiger partial charge in [-0.1, -0.05) is 26.2 Å². The van der Waals surface area contributed by atoms with Gasteiger partial charge >= 0.3 is 0 Å². The van der Waals surface area contributed by atoms with Crippen molar-refractivity contribution >= 4 is 0 Å². The summed E-state index contributed by atoms with van der Waals surface area (Å²) < 4.78 is 6.29. The molecule has 0 bridgehead atoms. The predicted molar refractivity (Wildman–Crippen MR) is 67.6 cm³/mol. The van der Waals surface area contributed by atoms with Gasteiger partial charge in [-0.15, -0.1) is 0 Å². The van der Waals surface area contributed by atoms with E-state index < -0.39 is 0 Å². The maximum Gasteiger partial charge on any atom is 0.0605 e. The Balaban J connectivity index is 1.75. The van der Waals surface area contributed by atoms with E-state index in [4.69, 9.17) is 4.74 Å². The molecule has 2 nitrogen and oxygen atoms in total. The zero-order valence-electron chi connectivity index (χ0n) is 10.9. The van der Waals surface area contributed by atoms with E-state index in [9.17, 15) is 0 Å². The van der Waals surface area contributed by atoms with Crippen molar-refractivity contribution in [1.29, 1.82) is 0 Å². The summed E-state index contributed by atoms with van der Waals surface area (Å²) in [4.78, 5) is 0. The summed E-state index contributed by atoms with van der Waals surface area (Å²) in [5, 5.41) is 3.49. The van der Waals surface area contributed by atoms with Gasteiger partial charge in [0.05, 0.1) is 12.2 Å². The lowest BCUT2D eigenvalue weighted by Crippen LogP contribution is -2.41. The minimum Gasteiger partial charge on any atom is -0.375 e. The van der Waals surface area contributed by atoms with Gasteiger partial charge in [0.15, 0.2) is 0 Å². The van der Waals surface area contributed by atoms with Crippen LogP contribution in [0.4, 0.5) is 0 Å². The van der Waals surface area contributed by atoms with Gasteiger partial charge in [-0.25, -0.2) is 0 Å². The fourth-order valence-electron chi connectivity index (χ4n) is 3.22. The molecular weight excluding hydrogens is 198 g/mol.